The predicted octanol–water partition coefficient (Wildman–Crippen LogP) is 0.140. The fourth-order valence-electron chi connectivity index (χ4n) is 1.21. The fraction of sp³-hybridized carbons (Fsp3) is 0.778. The zero-order valence-electron chi connectivity index (χ0n) is 9.15. The highest BCUT2D eigenvalue weighted by Gasteiger charge is 2.21. The van der Waals surface area contributed by atoms with Gasteiger partial charge in [0.25, 0.3) is 0 Å². The third-order valence-electron chi connectivity index (χ3n) is 1.97. The second-order valence-electron chi connectivity index (χ2n) is 3.12. The van der Waals surface area contributed by atoms with Gasteiger partial charge >= 0.3 is 5.97 Å². The first-order chi connectivity index (χ1) is 7.24. The molecule has 0 unspecified atom stereocenters. The van der Waals surface area contributed by atoms with E-state index in [1.54, 1.807) is 18.7 Å². The van der Waals surface area contributed by atoms with Gasteiger partial charge in [-0.05, 0) is 6.92 Å². The van der Waals surface area contributed by atoms with Gasteiger partial charge in [0.05, 0.1) is 19.1 Å². The van der Waals surface area contributed by atoms with Crippen LogP contribution in [0.1, 0.15) is 13.3 Å². The molecule has 0 aromatic rings. The van der Waals surface area contributed by atoms with Crippen LogP contribution in [0.15, 0.2) is 0 Å². The highest BCUT2D eigenvalue weighted by atomic mass is 35.5. The topological polar surface area (TPSA) is 67.4 Å². The van der Waals surface area contributed by atoms with Crippen LogP contribution in [-0.4, -0.2) is 42.7 Å². The summed E-state index contributed by atoms with van der Waals surface area (Å²) in [4.78, 5) is 22.4. The number of hydrogen-bond acceptors (Lipinski definition) is 5. The second kappa shape index (κ2) is 8.66. The lowest BCUT2D eigenvalue weighted by Gasteiger charge is -2.09. The van der Waals surface area contributed by atoms with Crippen LogP contribution in [0.4, 0.5) is 0 Å². The molecule has 0 radical (unpaired) electrons. The number of nitrogens with one attached hydrogen (secondary N) is 2. The SMILES string of the molecule is CCOC(=O)CCNC(=O)[C@H]1CSCN1.Cl. The summed E-state index contributed by atoms with van der Waals surface area (Å²) in [6.45, 7) is 2.49. The van der Waals surface area contributed by atoms with Crippen molar-refractivity contribution in [1.29, 1.82) is 0 Å². The zero-order valence-corrected chi connectivity index (χ0v) is 10.8. The Hall–Kier alpha value is -0.460. The van der Waals surface area contributed by atoms with E-state index in [-0.39, 0.29) is 36.7 Å². The molecule has 1 atom stereocenters. The molecule has 1 saturated heterocycles. The molecule has 1 amide bonds. The normalized spacial score (nSPS) is 18.7. The van der Waals surface area contributed by atoms with Crippen molar-refractivity contribution in [2.45, 2.75) is 19.4 Å². The van der Waals surface area contributed by atoms with Crippen molar-refractivity contribution in [1.82, 2.24) is 10.6 Å². The van der Waals surface area contributed by atoms with Gasteiger partial charge in [-0.1, -0.05) is 0 Å². The average molecular weight is 269 g/mol. The van der Waals surface area contributed by atoms with E-state index in [0.717, 1.165) is 11.6 Å². The van der Waals surface area contributed by atoms with Crippen LogP contribution in [0.5, 0.6) is 0 Å². The first-order valence-corrected chi connectivity index (χ1v) is 6.14. The molecular weight excluding hydrogens is 252 g/mol. The third-order valence-corrected chi connectivity index (χ3v) is 2.91. The van der Waals surface area contributed by atoms with Crippen molar-refractivity contribution in [3.63, 3.8) is 0 Å². The highest BCUT2D eigenvalue weighted by molar-refractivity contribution is 7.99. The standard InChI is InChI=1S/C9H16N2O3S.ClH/c1-2-14-8(12)3-4-10-9(13)7-5-15-6-11-7;/h7,11H,2-6H2,1H3,(H,10,13);1H/t7-;/m1./s1. The first kappa shape index (κ1) is 15.5. The Bertz CT molecular complexity index is 235. The summed E-state index contributed by atoms with van der Waals surface area (Å²) in [5.41, 5.74) is 0. The fourth-order valence-corrected chi connectivity index (χ4v) is 2.15. The molecule has 2 N–H and O–H groups in total. The minimum absolute atomic E-state index is 0. The summed E-state index contributed by atoms with van der Waals surface area (Å²) in [7, 11) is 0. The summed E-state index contributed by atoms with van der Waals surface area (Å²) in [6.07, 6.45) is 0.236. The lowest BCUT2D eigenvalue weighted by atomic mass is 10.3. The maximum absolute atomic E-state index is 11.4. The van der Waals surface area contributed by atoms with E-state index in [1.807, 2.05) is 0 Å². The Labute approximate surface area is 105 Å². The predicted molar refractivity (Wildman–Crippen MR) is 65.8 cm³/mol. The molecule has 1 rings (SSSR count). The summed E-state index contributed by atoms with van der Waals surface area (Å²) < 4.78 is 4.74. The molecule has 1 aliphatic heterocycles. The maximum Gasteiger partial charge on any atom is 0.307 e. The van der Waals surface area contributed by atoms with Crippen molar-refractivity contribution in [3.8, 4) is 0 Å². The number of carbonyl (C=O) groups is 2. The van der Waals surface area contributed by atoms with Gasteiger partial charge in [0.1, 0.15) is 0 Å². The van der Waals surface area contributed by atoms with E-state index in [0.29, 0.717) is 13.2 Å². The van der Waals surface area contributed by atoms with Gasteiger partial charge in [-0.15, -0.1) is 24.2 Å². The zero-order chi connectivity index (χ0) is 11.1. The summed E-state index contributed by atoms with van der Waals surface area (Å²) in [5.74, 6) is 1.30. The number of carbonyl (C=O) groups excluding carboxylic acids is 2. The number of thioether (sulfide) groups is 1. The third kappa shape index (κ3) is 5.58. The molecule has 0 saturated carbocycles. The largest absolute Gasteiger partial charge is 0.466 e. The molecular formula is C9H17ClN2O3S. The molecule has 1 heterocycles. The van der Waals surface area contributed by atoms with E-state index in [9.17, 15) is 9.59 Å². The molecule has 1 fully saturated rings. The molecule has 7 heteroatoms. The number of amides is 1. The van der Waals surface area contributed by atoms with E-state index in [1.165, 1.54) is 0 Å². The molecule has 0 aromatic carbocycles. The van der Waals surface area contributed by atoms with Gasteiger partial charge < -0.3 is 10.1 Å². The summed E-state index contributed by atoms with van der Waals surface area (Å²) in [5, 5.41) is 5.75. The van der Waals surface area contributed by atoms with E-state index < -0.39 is 0 Å². The number of ether oxygens (including phenoxy) is 1. The lowest BCUT2D eigenvalue weighted by Crippen LogP contribution is -2.42. The van der Waals surface area contributed by atoms with Crippen LogP contribution >= 0.6 is 24.2 Å². The monoisotopic (exact) mass is 268 g/mol. The van der Waals surface area contributed by atoms with Crippen molar-refractivity contribution in [2.75, 3.05) is 24.8 Å². The van der Waals surface area contributed by atoms with Gasteiger partial charge in [0.15, 0.2) is 0 Å². The number of hydrogen-bond donors (Lipinski definition) is 2. The molecule has 94 valence electrons. The smallest absolute Gasteiger partial charge is 0.307 e. The summed E-state index contributed by atoms with van der Waals surface area (Å²) >= 11 is 1.69. The Morgan fingerprint density at radius 3 is 2.88 bits per heavy atom. The Balaban J connectivity index is 0.00000225. The number of esters is 1. The van der Waals surface area contributed by atoms with Crippen LogP contribution < -0.4 is 10.6 Å². The number of halogens is 1. The highest BCUT2D eigenvalue weighted by Crippen LogP contribution is 2.08. The van der Waals surface area contributed by atoms with Gasteiger partial charge in [0.2, 0.25) is 5.91 Å². The molecule has 16 heavy (non-hydrogen) atoms. The van der Waals surface area contributed by atoms with Gasteiger partial charge in [-0.2, -0.15) is 0 Å². The van der Waals surface area contributed by atoms with Crippen LogP contribution in [-0.2, 0) is 14.3 Å². The Kier molecular flexibility index (Phi) is 8.42. The molecule has 0 spiro atoms. The molecule has 0 bridgehead atoms. The van der Waals surface area contributed by atoms with Crippen molar-refractivity contribution in [3.05, 3.63) is 0 Å². The minimum Gasteiger partial charge on any atom is -0.466 e. The van der Waals surface area contributed by atoms with Crippen LogP contribution in [0.3, 0.4) is 0 Å². The van der Waals surface area contributed by atoms with Crippen LogP contribution in [0, 0.1) is 0 Å². The Morgan fingerprint density at radius 1 is 1.56 bits per heavy atom. The van der Waals surface area contributed by atoms with Gasteiger partial charge in [-0.3, -0.25) is 14.9 Å². The van der Waals surface area contributed by atoms with Gasteiger partial charge in [-0.25, -0.2) is 0 Å². The molecule has 1 aliphatic rings. The molecule has 5 nitrogen and oxygen atoms in total. The van der Waals surface area contributed by atoms with Gasteiger partial charge in [0, 0.05) is 18.2 Å². The van der Waals surface area contributed by atoms with Crippen molar-refractivity contribution < 1.29 is 14.3 Å². The quantitative estimate of drug-likeness (QED) is 0.695. The van der Waals surface area contributed by atoms with E-state index >= 15 is 0 Å². The summed E-state index contributed by atoms with van der Waals surface area (Å²) in [6, 6.07) is -0.114. The average Bonchev–Trinajstić information content (AvgIpc) is 2.70. The Morgan fingerprint density at radius 2 is 2.31 bits per heavy atom. The van der Waals surface area contributed by atoms with Crippen molar-refractivity contribution >= 4 is 36.0 Å². The lowest BCUT2D eigenvalue weighted by molar-refractivity contribution is -0.143. The number of rotatable bonds is 5. The molecule has 0 aliphatic carbocycles. The maximum atomic E-state index is 11.4. The minimum atomic E-state index is -0.272. The molecule has 0 aromatic heterocycles. The van der Waals surface area contributed by atoms with Crippen LogP contribution in [0.25, 0.3) is 0 Å². The van der Waals surface area contributed by atoms with Crippen molar-refractivity contribution in [2.24, 2.45) is 0 Å². The van der Waals surface area contributed by atoms with Crippen LogP contribution in [0.2, 0.25) is 0 Å². The first-order valence-electron chi connectivity index (χ1n) is 4.98. The van der Waals surface area contributed by atoms with E-state index in [2.05, 4.69) is 10.6 Å². The van der Waals surface area contributed by atoms with E-state index in [4.69, 9.17) is 4.74 Å². The second-order valence-corrected chi connectivity index (χ2v) is 4.15.